The topological polar surface area (TPSA) is 68.0 Å². The maximum absolute atomic E-state index is 12.2. The third-order valence-electron chi connectivity index (χ3n) is 2.98. The van der Waals surface area contributed by atoms with Gasteiger partial charge in [-0.15, -0.1) is 0 Å². The molecule has 4 nitrogen and oxygen atoms in total. The Balaban J connectivity index is 1.88. The molecule has 4 heteroatoms. The minimum absolute atomic E-state index is 0.249. The summed E-state index contributed by atoms with van der Waals surface area (Å²) in [5.41, 5.74) is 8.12. The van der Waals surface area contributed by atoms with Crippen molar-refractivity contribution in [3.8, 4) is 0 Å². The number of anilines is 2. The molecule has 0 bridgehead atoms. The first kappa shape index (κ1) is 12.2. The number of amides is 1. The molecule has 3 rings (SSSR count). The third-order valence-corrected chi connectivity index (χ3v) is 2.98. The number of hydrogen-bond donors (Lipinski definition) is 2. The molecule has 1 aromatic heterocycles. The zero-order valence-electron chi connectivity index (χ0n) is 10.7. The van der Waals surface area contributed by atoms with E-state index in [4.69, 9.17) is 5.73 Å². The van der Waals surface area contributed by atoms with Gasteiger partial charge in [0.05, 0.1) is 5.52 Å². The highest BCUT2D eigenvalue weighted by Crippen LogP contribution is 2.15. The molecule has 0 saturated carbocycles. The van der Waals surface area contributed by atoms with Gasteiger partial charge in [0, 0.05) is 16.8 Å². The Morgan fingerprint density at radius 2 is 1.85 bits per heavy atom. The number of nitrogen functional groups attached to an aromatic ring is 1. The number of aromatic nitrogens is 1. The number of benzene rings is 2. The van der Waals surface area contributed by atoms with Gasteiger partial charge in [-0.2, -0.15) is 0 Å². The van der Waals surface area contributed by atoms with E-state index in [1.165, 1.54) is 0 Å². The van der Waals surface area contributed by atoms with E-state index in [9.17, 15) is 4.79 Å². The van der Waals surface area contributed by atoms with Crippen LogP contribution in [-0.2, 0) is 0 Å². The molecular formula is C16H13N3O. The zero-order valence-corrected chi connectivity index (χ0v) is 10.7. The fourth-order valence-corrected chi connectivity index (χ4v) is 2.00. The van der Waals surface area contributed by atoms with Gasteiger partial charge in [-0.05, 0) is 30.3 Å². The molecule has 0 radical (unpaired) electrons. The lowest BCUT2D eigenvalue weighted by Crippen LogP contribution is -2.13. The Kier molecular flexibility index (Phi) is 3.05. The number of fused-ring (bicyclic) bond motifs is 1. The Morgan fingerprint density at radius 1 is 1.00 bits per heavy atom. The molecule has 20 heavy (non-hydrogen) atoms. The van der Waals surface area contributed by atoms with Crippen molar-refractivity contribution in [2.75, 3.05) is 11.1 Å². The van der Waals surface area contributed by atoms with Crippen LogP contribution in [0.4, 0.5) is 11.4 Å². The number of pyridine rings is 1. The van der Waals surface area contributed by atoms with Crippen molar-refractivity contribution in [1.29, 1.82) is 0 Å². The fourth-order valence-electron chi connectivity index (χ4n) is 2.00. The molecule has 3 N–H and O–H groups in total. The second-order valence-electron chi connectivity index (χ2n) is 4.47. The molecule has 3 aromatic rings. The molecule has 0 aliphatic heterocycles. The maximum Gasteiger partial charge on any atom is 0.274 e. The molecule has 0 atom stereocenters. The standard InChI is InChI=1S/C16H13N3O/c17-12-5-3-6-13(10-12)18-16(20)15-9-8-11-4-1-2-7-14(11)19-15/h1-10H,17H2,(H,18,20). The van der Waals surface area contributed by atoms with E-state index in [0.717, 1.165) is 10.9 Å². The van der Waals surface area contributed by atoms with Crippen LogP contribution in [0.5, 0.6) is 0 Å². The molecule has 0 aliphatic rings. The fraction of sp³-hybridized carbons (Fsp3) is 0. The molecule has 0 fully saturated rings. The average molecular weight is 263 g/mol. The van der Waals surface area contributed by atoms with E-state index in [0.29, 0.717) is 17.1 Å². The van der Waals surface area contributed by atoms with Crippen LogP contribution < -0.4 is 11.1 Å². The van der Waals surface area contributed by atoms with Crippen molar-refractivity contribution in [3.05, 3.63) is 66.4 Å². The van der Waals surface area contributed by atoms with E-state index in [1.54, 1.807) is 30.3 Å². The molecule has 1 heterocycles. The summed E-state index contributed by atoms with van der Waals surface area (Å²) in [6, 6.07) is 18.3. The van der Waals surface area contributed by atoms with Crippen molar-refractivity contribution in [1.82, 2.24) is 4.98 Å². The van der Waals surface area contributed by atoms with Crippen LogP contribution in [0.3, 0.4) is 0 Å². The second kappa shape index (κ2) is 5.01. The minimum Gasteiger partial charge on any atom is -0.399 e. The molecule has 1 amide bonds. The molecule has 0 saturated heterocycles. The number of hydrogen-bond acceptors (Lipinski definition) is 3. The first-order chi connectivity index (χ1) is 9.72. The van der Waals surface area contributed by atoms with Crippen LogP contribution >= 0.6 is 0 Å². The predicted molar refractivity (Wildman–Crippen MR) is 80.6 cm³/mol. The molecule has 0 spiro atoms. The van der Waals surface area contributed by atoms with Gasteiger partial charge in [0.15, 0.2) is 0 Å². The SMILES string of the molecule is Nc1cccc(NC(=O)c2ccc3ccccc3n2)c1. The summed E-state index contributed by atoms with van der Waals surface area (Å²) in [4.78, 5) is 16.5. The van der Waals surface area contributed by atoms with Gasteiger partial charge in [0.2, 0.25) is 0 Å². The minimum atomic E-state index is -0.249. The van der Waals surface area contributed by atoms with Gasteiger partial charge in [-0.25, -0.2) is 4.98 Å². The van der Waals surface area contributed by atoms with Crippen LogP contribution in [0.2, 0.25) is 0 Å². The lowest BCUT2D eigenvalue weighted by molar-refractivity contribution is 0.102. The van der Waals surface area contributed by atoms with Crippen molar-refractivity contribution in [2.24, 2.45) is 0 Å². The van der Waals surface area contributed by atoms with E-state index in [2.05, 4.69) is 10.3 Å². The second-order valence-corrected chi connectivity index (χ2v) is 4.47. The third kappa shape index (κ3) is 2.44. The van der Waals surface area contributed by atoms with E-state index < -0.39 is 0 Å². The van der Waals surface area contributed by atoms with Crippen LogP contribution in [0.15, 0.2) is 60.7 Å². The summed E-state index contributed by atoms with van der Waals surface area (Å²) in [6.45, 7) is 0. The monoisotopic (exact) mass is 263 g/mol. The van der Waals surface area contributed by atoms with E-state index >= 15 is 0 Å². The number of para-hydroxylation sites is 1. The van der Waals surface area contributed by atoms with E-state index in [-0.39, 0.29) is 5.91 Å². The number of nitrogens with one attached hydrogen (secondary N) is 1. The summed E-state index contributed by atoms with van der Waals surface area (Å²) in [5, 5.41) is 3.79. The highest BCUT2D eigenvalue weighted by atomic mass is 16.1. The predicted octanol–water partition coefficient (Wildman–Crippen LogP) is 3.07. The lowest BCUT2D eigenvalue weighted by atomic mass is 10.2. The van der Waals surface area contributed by atoms with Gasteiger partial charge in [0.1, 0.15) is 5.69 Å². The summed E-state index contributed by atoms with van der Waals surface area (Å²) >= 11 is 0. The highest BCUT2D eigenvalue weighted by molar-refractivity contribution is 6.04. The first-order valence-corrected chi connectivity index (χ1v) is 6.25. The number of nitrogens with zero attached hydrogens (tertiary/aromatic N) is 1. The number of nitrogens with two attached hydrogens (primary N) is 1. The quantitative estimate of drug-likeness (QED) is 0.698. The van der Waals surface area contributed by atoms with Gasteiger partial charge in [0.25, 0.3) is 5.91 Å². The number of carbonyl (C=O) groups is 1. The van der Waals surface area contributed by atoms with Crippen molar-refractivity contribution in [2.45, 2.75) is 0 Å². The van der Waals surface area contributed by atoms with E-state index in [1.807, 2.05) is 30.3 Å². The zero-order chi connectivity index (χ0) is 13.9. The van der Waals surface area contributed by atoms with Crippen molar-refractivity contribution in [3.63, 3.8) is 0 Å². The largest absolute Gasteiger partial charge is 0.399 e. The average Bonchev–Trinajstić information content (AvgIpc) is 2.47. The molecular weight excluding hydrogens is 250 g/mol. The summed E-state index contributed by atoms with van der Waals surface area (Å²) in [7, 11) is 0. The molecule has 0 aliphatic carbocycles. The molecule has 2 aromatic carbocycles. The van der Waals surface area contributed by atoms with Crippen LogP contribution in [0.1, 0.15) is 10.5 Å². The summed E-state index contributed by atoms with van der Waals surface area (Å²) in [5.74, 6) is -0.249. The van der Waals surface area contributed by atoms with Crippen LogP contribution in [0, 0.1) is 0 Å². The first-order valence-electron chi connectivity index (χ1n) is 6.25. The van der Waals surface area contributed by atoms with Crippen molar-refractivity contribution >= 4 is 28.2 Å². The highest BCUT2D eigenvalue weighted by Gasteiger charge is 2.08. The Labute approximate surface area is 116 Å². The van der Waals surface area contributed by atoms with Crippen LogP contribution in [0.25, 0.3) is 10.9 Å². The van der Waals surface area contributed by atoms with Crippen molar-refractivity contribution < 1.29 is 4.79 Å². The van der Waals surface area contributed by atoms with Gasteiger partial charge in [-0.1, -0.05) is 30.3 Å². The normalized spacial score (nSPS) is 10.4. The van der Waals surface area contributed by atoms with Gasteiger partial charge >= 0.3 is 0 Å². The summed E-state index contributed by atoms with van der Waals surface area (Å²) in [6.07, 6.45) is 0. The Morgan fingerprint density at radius 3 is 2.70 bits per heavy atom. The van der Waals surface area contributed by atoms with Gasteiger partial charge < -0.3 is 11.1 Å². The lowest BCUT2D eigenvalue weighted by Gasteiger charge is -2.06. The number of rotatable bonds is 2. The maximum atomic E-state index is 12.2. The molecule has 98 valence electrons. The Hall–Kier alpha value is -2.88. The smallest absolute Gasteiger partial charge is 0.274 e. The Bertz CT molecular complexity index is 783. The van der Waals surface area contributed by atoms with Gasteiger partial charge in [-0.3, -0.25) is 4.79 Å². The number of carbonyl (C=O) groups excluding carboxylic acids is 1. The summed E-state index contributed by atoms with van der Waals surface area (Å²) < 4.78 is 0. The molecule has 0 unspecified atom stereocenters. The van der Waals surface area contributed by atoms with Crippen LogP contribution in [-0.4, -0.2) is 10.9 Å².